The summed E-state index contributed by atoms with van der Waals surface area (Å²) in [4.78, 5) is 2.36. The lowest BCUT2D eigenvalue weighted by molar-refractivity contribution is -0.668. The minimum Gasteiger partial charge on any atom is -1.00 e. The van der Waals surface area contributed by atoms with Gasteiger partial charge in [-0.2, -0.15) is 4.57 Å². The lowest BCUT2D eigenvalue weighted by Crippen LogP contribution is -3.00. The zero-order valence-corrected chi connectivity index (χ0v) is 14.6. The Hall–Kier alpha value is -1.14. The maximum absolute atomic E-state index is 2.36. The molecule has 0 amide bonds. The average Bonchev–Trinajstić information content (AvgIpc) is 2.84. The van der Waals surface area contributed by atoms with E-state index < -0.39 is 0 Å². The second kappa shape index (κ2) is 6.54. The smallest absolute Gasteiger partial charge is 0.263 e. The normalized spacial score (nSPS) is 15.1. The Morgan fingerprint density at radius 3 is 2.75 bits per heavy atom. The first-order valence-corrected chi connectivity index (χ1v) is 7.37. The lowest BCUT2D eigenvalue weighted by atomic mass is 10.1. The molecule has 1 aliphatic heterocycles. The number of allylic oxidation sites excluding steroid dienone is 1. The van der Waals surface area contributed by atoms with Gasteiger partial charge in [-0.15, -0.1) is 0 Å². The van der Waals surface area contributed by atoms with Crippen molar-refractivity contribution in [2.45, 2.75) is 6.92 Å². The molecule has 0 radical (unpaired) electrons. The van der Waals surface area contributed by atoms with Gasteiger partial charge in [0.2, 0.25) is 0 Å². The molecular formula is C16H17IN2S. The van der Waals surface area contributed by atoms with E-state index in [0.717, 1.165) is 6.54 Å². The number of aromatic nitrogens is 1. The Balaban J connectivity index is 0.00000147. The molecule has 1 aliphatic rings. The molecule has 0 N–H and O–H groups in total. The Morgan fingerprint density at radius 2 is 2.05 bits per heavy atom. The van der Waals surface area contributed by atoms with Crippen LogP contribution in [0.3, 0.4) is 0 Å². The topological polar surface area (TPSA) is 7.12 Å². The summed E-state index contributed by atoms with van der Waals surface area (Å²) in [5.41, 5.74) is 3.83. The van der Waals surface area contributed by atoms with Crippen molar-refractivity contribution >= 4 is 29.2 Å². The lowest BCUT2D eigenvalue weighted by Gasteiger charge is -2.28. The van der Waals surface area contributed by atoms with Gasteiger partial charge in [-0.1, -0.05) is 35.6 Å². The van der Waals surface area contributed by atoms with Crippen molar-refractivity contribution in [1.82, 2.24) is 0 Å². The van der Waals surface area contributed by atoms with Crippen LogP contribution in [0.25, 0.3) is 12.2 Å². The molecule has 104 valence electrons. The van der Waals surface area contributed by atoms with Gasteiger partial charge in [-0.25, -0.2) is 0 Å². The van der Waals surface area contributed by atoms with Crippen LogP contribution in [0.1, 0.15) is 17.5 Å². The SMILES string of the molecule is CCN1/C(=C/c2scc[n+]2C)C=Cc2ccccc21.[I-]. The second-order valence-corrected chi connectivity index (χ2v) is 5.48. The molecule has 4 heteroatoms. The molecule has 0 aliphatic carbocycles. The Kier molecular flexibility index (Phi) is 4.99. The molecule has 0 unspecified atom stereocenters. The first kappa shape index (κ1) is 15.3. The zero-order chi connectivity index (χ0) is 13.2. The van der Waals surface area contributed by atoms with Crippen molar-refractivity contribution in [3.05, 3.63) is 58.2 Å². The summed E-state index contributed by atoms with van der Waals surface area (Å²) in [6, 6.07) is 8.54. The van der Waals surface area contributed by atoms with Gasteiger partial charge in [0, 0.05) is 24.0 Å². The minimum absolute atomic E-state index is 0. The van der Waals surface area contributed by atoms with Crippen LogP contribution in [0, 0.1) is 0 Å². The van der Waals surface area contributed by atoms with Crippen LogP contribution in [0.4, 0.5) is 5.69 Å². The quantitative estimate of drug-likeness (QED) is 0.529. The van der Waals surface area contributed by atoms with E-state index in [1.54, 1.807) is 11.3 Å². The summed E-state index contributed by atoms with van der Waals surface area (Å²) in [5, 5.41) is 3.38. The van der Waals surface area contributed by atoms with Gasteiger partial charge in [-0.3, -0.25) is 0 Å². The number of rotatable bonds is 2. The summed E-state index contributed by atoms with van der Waals surface area (Å²) in [6.45, 7) is 3.17. The number of benzene rings is 1. The van der Waals surface area contributed by atoms with Gasteiger partial charge in [0.05, 0.1) is 5.38 Å². The van der Waals surface area contributed by atoms with Crippen LogP contribution in [0.15, 0.2) is 47.6 Å². The van der Waals surface area contributed by atoms with Crippen LogP contribution in [0.2, 0.25) is 0 Å². The molecule has 1 aromatic heterocycles. The number of hydrogen-bond acceptors (Lipinski definition) is 2. The summed E-state index contributed by atoms with van der Waals surface area (Å²) < 4.78 is 2.15. The summed E-state index contributed by atoms with van der Waals surface area (Å²) in [6.07, 6.45) is 8.74. The highest BCUT2D eigenvalue weighted by Crippen LogP contribution is 2.31. The minimum atomic E-state index is 0. The first-order chi connectivity index (χ1) is 9.29. The van der Waals surface area contributed by atoms with Crippen molar-refractivity contribution in [1.29, 1.82) is 0 Å². The van der Waals surface area contributed by atoms with E-state index in [-0.39, 0.29) is 24.0 Å². The molecule has 0 atom stereocenters. The monoisotopic (exact) mass is 396 g/mol. The molecule has 0 saturated heterocycles. The number of halogens is 1. The third-order valence-electron chi connectivity index (χ3n) is 3.38. The maximum atomic E-state index is 2.36. The predicted octanol–water partition coefficient (Wildman–Crippen LogP) is 0.471. The van der Waals surface area contributed by atoms with Crippen molar-refractivity contribution in [3.63, 3.8) is 0 Å². The fourth-order valence-electron chi connectivity index (χ4n) is 2.37. The number of para-hydroxylation sites is 1. The van der Waals surface area contributed by atoms with Crippen LogP contribution >= 0.6 is 11.3 Å². The molecule has 0 fully saturated rings. The molecule has 1 aromatic carbocycles. The van der Waals surface area contributed by atoms with Crippen LogP contribution in [-0.2, 0) is 7.05 Å². The number of aryl methyl sites for hydroxylation is 1. The summed E-state index contributed by atoms with van der Waals surface area (Å²) in [7, 11) is 2.08. The maximum Gasteiger partial charge on any atom is 0.263 e. The van der Waals surface area contributed by atoms with Gasteiger partial charge in [0.1, 0.15) is 7.05 Å². The standard InChI is InChI=1S/C16H17N2S.HI/c1-3-18-14(12-16-17(2)10-11-19-16)9-8-13-6-4-5-7-15(13)18;/h4-12H,3H2,1-2H3;1H/q+1;/p-1. The van der Waals surface area contributed by atoms with E-state index in [0.29, 0.717) is 0 Å². The highest BCUT2D eigenvalue weighted by Gasteiger charge is 2.17. The molecule has 0 saturated carbocycles. The van der Waals surface area contributed by atoms with Crippen molar-refractivity contribution in [2.75, 3.05) is 11.4 Å². The fourth-order valence-corrected chi connectivity index (χ4v) is 3.17. The highest BCUT2D eigenvalue weighted by atomic mass is 127. The fraction of sp³-hybridized carbons (Fsp3) is 0.188. The number of nitrogens with zero attached hydrogens (tertiary/aromatic N) is 2. The van der Waals surface area contributed by atoms with Gasteiger partial charge < -0.3 is 28.9 Å². The third-order valence-corrected chi connectivity index (χ3v) is 4.29. The summed E-state index contributed by atoms with van der Waals surface area (Å²) >= 11 is 1.76. The number of hydrogen-bond donors (Lipinski definition) is 0. The van der Waals surface area contributed by atoms with Crippen LogP contribution < -0.4 is 33.4 Å². The van der Waals surface area contributed by atoms with E-state index in [4.69, 9.17) is 0 Å². The van der Waals surface area contributed by atoms with Gasteiger partial charge in [-0.05, 0) is 24.6 Å². The van der Waals surface area contributed by atoms with Gasteiger partial charge in [0.15, 0.2) is 6.20 Å². The number of fused-ring (bicyclic) bond motifs is 1. The largest absolute Gasteiger partial charge is 1.00 e. The number of anilines is 1. The van der Waals surface area contributed by atoms with Crippen LogP contribution in [0.5, 0.6) is 0 Å². The Labute approximate surface area is 141 Å². The molecule has 3 rings (SSSR count). The van der Waals surface area contributed by atoms with E-state index in [1.165, 1.54) is 22.0 Å². The molecule has 2 nitrogen and oxygen atoms in total. The average molecular weight is 396 g/mol. The summed E-state index contributed by atoms with van der Waals surface area (Å²) in [5.74, 6) is 0. The molecule has 20 heavy (non-hydrogen) atoms. The predicted molar refractivity (Wildman–Crippen MR) is 82.0 cm³/mol. The highest BCUT2D eigenvalue weighted by molar-refractivity contribution is 7.10. The van der Waals surface area contributed by atoms with Crippen LogP contribution in [-0.4, -0.2) is 6.54 Å². The third kappa shape index (κ3) is 2.81. The zero-order valence-electron chi connectivity index (χ0n) is 11.6. The van der Waals surface area contributed by atoms with E-state index >= 15 is 0 Å². The van der Waals surface area contributed by atoms with Crippen molar-refractivity contribution in [2.24, 2.45) is 7.05 Å². The van der Waals surface area contributed by atoms with Crippen molar-refractivity contribution in [3.8, 4) is 0 Å². The molecule has 2 aromatic rings. The number of likely N-dealkylation sites (N-methyl/N-ethyl adjacent to an activating group) is 1. The van der Waals surface area contributed by atoms with Gasteiger partial charge >= 0.3 is 0 Å². The molecule has 0 bridgehead atoms. The van der Waals surface area contributed by atoms with Crippen molar-refractivity contribution < 1.29 is 28.5 Å². The molecule has 0 spiro atoms. The first-order valence-electron chi connectivity index (χ1n) is 6.49. The van der Waals surface area contributed by atoms with E-state index in [1.807, 2.05) is 0 Å². The Morgan fingerprint density at radius 1 is 1.25 bits per heavy atom. The Bertz CT molecular complexity index is 658. The van der Waals surface area contributed by atoms with E-state index in [9.17, 15) is 0 Å². The second-order valence-electron chi connectivity index (χ2n) is 4.56. The molecule has 2 heterocycles. The van der Waals surface area contributed by atoms with E-state index in [2.05, 4.69) is 77.5 Å². The van der Waals surface area contributed by atoms with Gasteiger partial charge in [0.25, 0.3) is 5.01 Å². The number of thiazole rings is 1. The molecular weight excluding hydrogens is 379 g/mol.